The van der Waals surface area contributed by atoms with Gasteiger partial charge in [0.1, 0.15) is 0 Å². The van der Waals surface area contributed by atoms with Crippen molar-refractivity contribution in [3.05, 3.63) is 255 Å². The summed E-state index contributed by atoms with van der Waals surface area (Å²) < 4.78 is 0. The van der Waals surface area contributed by atoms with E-state index in [1.54, 1.807) is 0 Å². The van der Waals surface area contributed by atoms with Crippen LogP contribution < -0.4 is 0 Å². The van der Waals surface area contributed by atoms with Gasteiger partial charge >= 0.3 is 0 Å². The summed E-state index contributed by atoms with van der Waals surface area (Å²) in [4.78, 5) is 10.6. The Balaban J connectivity index is 0.842. The Bertz CT molecular complexity index is 3660. The van der Waals surface area contributed by atoms with Crippen molar-refractivity contribution in [1.82, 2.24) is 9.97 Å². The minimum absolute atomic E-state index is 0.715. The molecule has 0 fully saturated rings. The third-order valence-electron chi connectivity index (χ3n) is 12.9. The molecule has 0 bridgehead atoms. The van der Waals surface area contributed by atoms with E-state index in [0.29, 0.717) is 5.82 Å². The Hall–Kier alpha value is -8.72. The van der Waals surface area contributed by atoms with Crippen LogP contribution in [0, 0.1) is 0 Å². The first kappa shape index (κ1) is 38.9. The van der Waals surface area contributed by atoms with E-state index in [9.17, 15) is 0 Å². The van der Waals surface area contributed by atoms with Crippen molar-refractivity contribution in [3.63, 3.8) is 0 Å². The minimum Gasteiger partial charge on any atom is -0.227 e. The summed E-state index contributed by atoms with van der Waals surface area (Å²) in [7, 11) is 0. The lowest BCUT2D eigenvalue weighted by Gasteiger charge is -2.13. The number of fused-ring (bicyclic) bond motifs is 4. The Kier molecular flexibility index (Phi) is 9.89. The molecule has 0 N–H and O–H groups in total. The van der Waals surface area contributed by atoms with Crippen molar-refractivity contribution in [3.8, 4) is 89.4 Å². The van der Waals surface area contributed by atoms with E-state index in [4.69, 9.17) is 9.97 Å². The highest BCUT2D eigenvalue weighted by Crippen LogP contribution is 2.38. The molecular formula is C64H42N2. The predicted octanol–water partition coefficient (Wildman–Crippen LogP) is 17.3. The van der Waals surface area contributed by atoms with E-state index in [1.807, 2.05) is 0 Å². The maximum absolute atomic E-state index is 5.31. The molecule has 0 aliphatic rings. The van der Waals surface area contributed by atoms with Gasteiger partial charge in [-0.05, 0) is 119 Å². The molecule has 0 saturated heterocycles. The molecule has 2 heteroatoms. The monoisotopic (exact) mass is 838 g/mol. The molecule has 1 heterocycles. The quantitative estimate of drug-likeness (QED) is 0.143. The molecule has 308 valence electrons. The number of benzene rings is 11. The van der Waals surface area contributed by atoms with Crippen LogP contribution in [0.3, 0.4) is 0 Å². The van der Waals surface area contributed by atoms with Crippen molar-refractivity contribution in [1.29, 1.82) is 0 Å². The molecule has 0 aliphatic carbocycles. The number of aromatic nitrogens is 2. The molecule has 12 rings (SSSR count). The molecule has 0 amide bonds. The molecule has 0 spiro atoms. The first-order valence-electron chi connectivity index (χ1n) is 22.5. The van der Waals surface area contributed by atoms with Gasteiger partial charge in [-0.3, -0.25) is 0 Å². The SMILES string of the molecule is c1ccc(-c2cc(-c3ccccc3)cc(-c3cccc(-c4cccc(-c5ccc(-c6ccc(-c7nc(-c8cccc9ccccc89)c8ccc9ccccc9c8n7)cc6)cc5)c4)c3)c2)cc1. The van der Waals surface area contributed by atoms with Crippen molar-refractivity contribution >= 4 is 32.4 Å². The molecule has 0 saturated carbocycles. The number of nitrogens with zero attached hydrogens (tertiary/aromatic N) is 2. The maximum atomic E-state index is 5.31. The fraction of sp³-hybridized carbons (Fsp3) is 0. The molecule has 0 unspecified atom stereocenters. The van der Waals surface area contributed by atoms with Gasteiger partial charge in [0.15, 0.2) is 5.82 Å². The van der Waals surface area contributed by atoms with Crippen LogP contribution in [0.4, 0.5) is 0 Å². The average Bonchev–Trinajstić information content (AvgIpc) is 3.41. The second-order valence-corrected chi connectivity index (χ2v) is 17.0. The van der Waals surface area contributed by atoms with Gasteiger partial charge in [-0.15, -0.1) is 0 Å². The summed E-state index contributed by atoms with van der Waals surface area (Å²) in [6, 6.07) is 91.4. The van der Waals surface area contributed by atoms with Gasteiger partial charge in [0.2, 0.25) is 0 Å². The second kappa shape index (κ2) is 16.8. The lowest BCUT2D eigenvalue weighted by molar-refractivity contribution is 1.24. The van der Waals surface area contributed by atoms with Crippen molar-refractivity contribution in [2.75, 3.05) is 0 Å². The van der Waals surface area contributed by atoms with Crippen LogP contribution in [-0.2, 0) is 0 Å². The zero-order chi connectivity index (χ0) is 43.8. The first-order valence-corrected chi connectivity index (χ1v) is 22.5. The average molecular weight is 839 g/mol. The van der Waals surface area contributed by atoms with Crippen molar-refractivity contribution in [2.24, 2.45) is 0 Å². The summed E-state index contributed by atoms with van der Waals surface area (Å²) in [5, 5.41) is 5.71. The van der Waals surface area contributed by atoms with E-state index in [2.05, 4.69) is 255 Å². The van der Waals surface area contributed by atoms with E-state index >= 15 is 0 Å². The van der Waals surface area contributed by atoms with E-state index < -0.39 is 0 Å². The summed E-state index contributed by atoms with van der Waals surface area (Å²) in [5.41, 5.74) is 18.2. The van der Waals surface area contributed by atoms with Crippen LogP contribution in [0.15, 0.2) is 255 Å². The number of rotatable bonds is 8. The molecule has 12 aromatic rings. The Labute approximate surface area is 384 Å². The van der Waals surface area contributed by atoms with Crippen LogP contribution in [0.25, 0.3) is 122 Å². The van der Waals surface area contributed by atoms with Gasteiger partial charge in [0.25, 0.3) is 0 Å². The fourth-order valence-electron chi connectivity index (χ4n) is 9.44. The van der Waals surface area contributed by atoms with Crippen LogP contribution >= 0.6 is 0 Å². The highest BCUT2D eigenvalue weighted by Gasteiger charge is 2.16. The Morgan fingerprint density at radius 3 is 1.18 bits per heavy atom. The minimum atomic E-state index is 0.715. The van der Waals surface area contributed by atoms with Crippen LogP contribution in [-0.4, -0.2) is 9.97 Å². The van der Waals surface area contributed by atoms with Crippen LogP contribution in [0.2, 0.25) is 0 Å². The second-order valence-electron chi connectivity index (χ2n) is 17.0. The number of hydrogen-bond donors (Lipinski definition) is 0. The molecule has 2 nitrogen and oxygen atoms in total. The van der Waals surface area contributed by atoms with E-state index in [0.717, 1.165) is 49.6 Å². The molecule has 66 heavy (non-hydrogen) atoms. The molecular weight excluding hydrogens is 797 g/mol. The smallest absolute Gasteiger partial charge is 0.160 e. The normalized spacial score (nSPS) is 11.3. The van der Waals surface area contributed by atoms with Gasteiger partial charge in [-0.25, -0.2) is 9.97 Å². The Morgan fingerprint density at radius 1 is 0.212 bits per heavy atom. The van der Waals surface area contributed by atoms with Crippen LogP contribution in [0.1, 0.15) is 0 Å². The lowest BCUT2D eigenvalue weighted by atomic mass is 9.91. The summed E-state index contributed by atoms with van der Waals surface area (Å²) >= 11 is 0. The van der Waals surface area contributed by atoms with Gasteiger partial charge in [-0.1, -0.05) is 218 Å². The lowest BCUT2D eigenvalue weighted by Crippen LogP contribution is -1.96. The Morgan fingerprint density at radius 2 is 0.591 bits per heavy atom. The zero-order valence-electron chi connectivity index (χ0n) is 36.1. The zero-order valence-corrected chi connectivity index (χ0v) is 36.1. The summed E-state index contributed by atoms with van der Waals surface area (Å²) in [5.74, 6) is 0.715. The highest BCUT2D eigenvalue weighted by atomic mass is 14.9. The number of hydrogen-bond acceptors (Lipinski definition) is 2. The van der Waals surface area contributed by atoms with Gasteiger partial charge in [-0.2, -0.15) is 0 Å². The van der Waals surface area contributed by atoms with Crippen molar-refractivity contribution in [2.45, 2.75) is 0 Å². The largest absolute Gasteiger partial charge is 0.227 e. The molecule has 0 aliphatic heterocycles. The van der Waals surface area contributed by atoms with E-state index in [1.165, 1.54) is 66.4 Å². The van der Waals surface area contributed by atoms with Crippen LogP contribution in [0.5, 0.6) is 0 Å². The molecule has 11 aromatic carbocycles. The molecule has 0 radical (unpaired) electrons. The van der Waals surface area contributed by atoms with Gasteiger partial charge < -0.3 is 0 Å². The third kappa shape index (κ3) is 7.41. The standard InChI is InChI=1S/C64H42N2/c1-3-14-43(15-4-1)55-40-56(44-16-5-2-6-17-44)42-57(41-55)54-24-12-23-53(39-54)52-22-11-21-51(38-52)47-30-28-45(29-31-47)46-32-34-50(35-33-46)64-65-62-59-26-10-8-19-49(59)36-37-61(62)63(66-64)60-27-13-20-48-18-7-9-25-58(48)60/h1-42H. The summed E-state index contributed by atoms with van der Waals surface area (Å²) in [6.45, 7) is 0. The topological polar surface area (TPSA) is 25.8 Å². The van der Waals surface area contributed by atoms with Crippen molar-refractivity contribution < 1.29 is 0 Å². The van der Waals surface area contributed by atoms with Gasteiger partial charge in [0.05, 0.1) is 11.2 Å². The fourth-order valence-corrected chi connectivity index (χ4v) is 9.44. The maximum Gasteiger partial charge on any atom is 0.160 e. The molecule has 1 aromatic heterocycles. The first-order chi connectivity index (χ1) is 32.7. The highest BCUT2D eigenvalue weighted by molar-refractivity contribution is 6.12. The summed E-state index contributed by atoms with van der Waals surface area (Å²) in [6.07, 6.45) is 0. The van der Waals surface area contributed by atoms with E-state index in [-0.39, 0.29) is 0 Å². The van der Waals surface area contributed by atoms with Gasteiger partial charge in [0, 0.05) is 21.9 Å². The third-order valence-corrected chi connectivity index (χ3v) is 12.9. The predicted molar refractivity (Wildman–Crippen MR) is 278 cm³/mol. The molecule has 0 atom stereocenters.